The van der Waals surface area contributed by atoms with E-state index in [4.69, 9.17) is 21.3 Å². The van der Waals surface area contributed by atoms with Crippen LogP contribution in [0.1, 0.15) is 30.6 Å². The fourth-order valence-electron chi connectivity index (χ4n) is 3.12. The second-order valence-corrected chi connectivity index (χ2v) is 6.14. The molecule has 2 atom stereocenters. The van der Waals surface area contributed by atoms with Crippen LogP contribution in [0, 0.1) is 0 Å². The predicted octanol–water partition coefficient (Wildman–Crippen LogP) is 3.85. The molecule has 0 aliphatic carbocycles. The normalized spacial score (nSPS) is 20.4. The largest absolute Gasteiger partial charge is 0.379 e. The first-order valence-corrected chi connectivity index (χ1v) is 7.66. The number of imidazole rings is 1. The van der Waals surface area contributed by atoms with Crippen LogP contribution in [0.25, 0.3) is 21.9 Å². The monoisotopic (exact) mass is 301 g/mol. The van der Waals surface area contributed by atoms with Gasteiger partial charge in [0.15, 0.2) is 0 Å². The number of pyridine rings is 1. The van der Waals surface area contributed by atoms with Crippen molar-refractivity contribution in [2.75, 3.05) is 13.2 Å². The van der Waals surface area contributed by atoms with Gasteiger partial charge in [0, 0.05) is 12.0 Å². The van der Waals surface area contributed by atoms with E-state index in [1.165, 1.54) is 0 Å². The highest BCUT2D eigenvalue weighted by Crippen LogP contribution is 2.34. The van der Waals surface area contributed by atoms with E-state index in [9.17, 15) is 0 Å². The molecule has 0 spiro atoms. The van der Waals surface area contributed by atoms with Crippen LogP contribution >= 0.6 is 11.6 Å². The Morgan fingerprint density at radius 3 is 2.95 bits per heavy atom. The van der Waals surface area contributed by atoms with Gasteiger partial charge in [0.2, 0.25) is 0 Å². The van der Waals surface area contributed by atoms with Crippen LogP contribution in [0.2, 0.25) is 0 Å². The predicted molar refractivity (Wildman–Crippen MR) is 83.8 cm³/mol. The van der Waals surface area contributed by atoms with Crippen molar-refractivity contribution in [2.45, 2.75) is 24.8 Å². The second-order valence-electron chi connectivity index (χ2n) is 5.48. The molecule has 1 aromatic carbocycles. The van der Waals surface area contributed by atoms with Gasteiger partial charge in [-0.05, 0) is 19.4 Å². The first kappa shape index (κ1) is 13.0. The molecule has 0 N–H and O–H groups in total. The van der Waals surface area contributed by atoms with Crippen LogP contribution in [0.15, 0.2) is 30.5 Å². The molecule has 3 aromatic rings. The number of halogens is 1. The average molecular weight is 302 g/mol. The van der Waals surface area contributed by atoms with Gasteiger partial charge in [-0.15, -0.1) is 11.6 Å². The highest BCUT2D eigenvalue weighted by Gasteiger charge is 2.26. The number of aromatic nitrogens is 3. The van der Waals surface area contributed by atoms with Gasteiger partial charge in [-0.1, -0.05) is 18.2 Å². The molecule has 0 amide bonds. The zero-order valence-corrected chi connectivity index (χ0v) is 12.5. The van der Waals surface area contributed by atoms with Gasteiger partial charge in [-0.25, -0.2) is 4.98 Å². The van der Waals surface area contributed by atoms with Crippen LogP contribution in [-0.2, 0) is 4.74 Å². The first-order chi connectivity index (χ1) is 10.3. The summed E-state index contributed by atoms with van der Waals surface area (Å²) in [5.74, 6) is 0.903. The molecule has 4 nitrogen and oxygen atoms in total. The van der Waals surface area contributed by atoms with Gasteiger partial charge in [0.25, 0.3) is 0 Å². The Balaban J connectivity index is 2.10. The Hall–Kier alpha value is -1.65. The molecule has 21 heavy (non-hydrogen) atoms. The summed E-state index contributed by atoms with van der Waals surface area (Å²) >= 11 is 6.36. The third-order valence-corrected chi connectivity index (χ3v) is 4.27. The maximum Gasteiger partial charge on any atom is 0.128 e. The van der Waals surface area contributed by atoms with Gasteiger partial charge in [-0.3, -0.25) is 4.98 Å². The summed E-state index contributed by atoms with van der Waals surface area (Å²) in [5, 5.41) is 0.981. The lowest BCUT2D eigenvalue weighted by molar-refractivity contribution is 0.186. The van der Waals surface area contributed by atoms with Crippen molar-refractivity contribution in [1.29, 1.82) is 0 Å². The minimum absolute atomic E-state index is 0.142. The molecule has 108 valence electrons. The van der Waals surface area contributed by atoms with E-state index in [1.807, 2.05) is 31.3 Å². The molecular formula is C16H16ClN3O. The number of hydrogen-bond donors (Lipinski definition) is 0. The van der Waals surface area contributed by atoms with Gasteiger partial charge < -0.3 is 9.30 Å². The quantitative estimate of drug-likeness (QED) is 0.675. The molecular weight excluding hydrogens is 286 g/mol. The summed E-state index contributed by atoms with van der Waals surface area (Å²) in [5.41, 5.74) is 3.01. The molecule has 5 heteroatoms. The molecule has 4 rings (SSSR count). The molecule has 1 aliphatic rings. The Labute approximate surface area is 127 Å². The minimum atomic E-state index is -0.142. The number of fused-ring (bicyclic) bond motifs is 3. The summed E-state index contributed by atoms with van der Waals surface area (Å²) in [6.07, 6.45) is 2.84. The summed E-state index contributed by atoms with van der Waals surface area (Å²) < 4.78 is 7.84. The van der Waals surface area contributed by atoms with Crippen molar-refractivity contribution in [3.63, 3.8) is 0 Å². The number of benzene rings is 1. The SMILES string of the molecule is CC(Cl)c1nc2cnc3ccccc3c2n1C1CCOC1. The highest BCUT2D eigenvalue weighted by molar-refractivity contribution is 6.20. The van der Waals surface area contributed by atoms with Crippen molar-refractivity contribution in [1.82, 2.24) is 14.5 Å². The summed E-state index contributed by atoms with van der Waals surface area (Å²) in [6.45, 7) is 3.48. The van der Waals surface area contributed by atoms with Crippen molar-refractivity contribution < 1.29 is 4.74 Å². The number of rotatable bonds is 2. The van der Waals surface area contributed by atoms with Gasteiger partial charge in [0.05, 0.1) is 35.3 Å². The lowest BCUT2D eigenvalue weighted by Gasteiger charge is -2.17. The first-order valence-electron chi connectivity index (χ1n) is 7.23. The lowest BCUT2D eigenvalue weighted by atomic mass is 10.1. The Bertz CT molecular complexity index is 806. The van der Waals surface area contributed by atoms with E-state index in [0.717, 1.165) is 47.4 Å². The molecule has 0 radical (unpaired) electrons. The van der Waals surface area contributed by atoms with Crippen LogP contribution in [0.5, 0.6) is 0 Å². The standard InChI is InChI=1S/C16H16ClN3O/c1-10(17)16-19-14-8-18-13-5-3-2-4-12(13)15(14)20(16)11-6-7-21-9-11/h2-5,8,10-11H,6-7,9H2,1H3. The Morgan fingerprint density at radius 1 is 1.33 bits per heavy atom. The minimum Gasteiger partial charge on any atom is -0.379 e. The van der Waals surface area contributed by atoms with Gasteiger partial charge >= 0.3 is 0 Å². The second kappa shape index (κ2) is 4.97. The molecule has 2 unspecified atom stereocenters. The molecule has 2 aromatic heterocycles. The van der Waals surface area contributed by atoms with Crippen LogP contribution in [0.3, 0.4) is 0 Å². The fraction of sp³-hybridized carbons (Fsp3) is 0.375. The number of ether oxygens (including phenoxy) is 1. The maximum atomic E-state index is 6.36. The molecule has 1 aliphatic heterocycles. The number of nitrogens with zero attached hydrogens (tertiary/aromatic N) is 3. The van der Waals surface area contributed by atoms with E-state index < -0.39 is 0 Å². The Morgan fingerprint density at radius 2 is 2.19 bits per heavy atom. The fourth-order valence-corrected chi connectivity index (χ4v) is 3.27. The van der Waals surface area contributed by atoms with Gasteiger partial charge in [-0.2, -0.15) is 0 Å². The topological polar surface area (TPSA) is 39.9 Å². The van der Waals surface area contributed by atoms with E-state index in [1.54, 1.807) is 0 Å². The number of para-hydroxylation sites is 1. The molecule has 1 fully saturated rings. The Kier molecular flexibility index (Phi) is 3.08. The van der Waals surface area contributed by atoms with E-state index in [-0.39, 0.29) is 5.38 Å². The van der Waals surface area contributed by atoms with Gasteiger partial charge in [0.1, 0.15) is 11.3 Å². The molecule has 0 saturated carbocycles. The van der Waals surface area contributed by atoms with Crippen molar-refractivity contribution in [3.05, 3.63) is 36.3 Å². The third kappa shape index (κ3) is 2.01. The maximum absolute atomic E-state index is 6.36. The van der Waals surface area contributed by atoms with E-state index in [0.29, 0.717) is 6.04 Å². The smallest absolute Gasteiger partial charge is 0.128 e. The number of hydrogen-bond acceptors (Lipinski definition) is 3. The third-order valence-electron chi connectivity index (χ3n) is 4.08. The van der Waals surface area contributed by atoms with Crippen molar-refractivity contribution in [2.24, 2.45) is 0 Å². The zero-order chi connectivity index (χ0) is 14.4. The summed E-state index contributed by atoms with van der Waals surface area (Å²) in [6, 6.07) is 8.47. The van der Waals surface area contributed by atoms with Crippen LogP contribution < -0.4 is 0 Å². The van der Waals surface area contributed by atoms with E-state index >= 15 is 0 Å². The van der Waals surface area contributed by atoms with E-state index in [2.05, 4.69) is 15.6 Å². The summed E-state index contributed by atoms with van der Waals surface area (Å²) in [4.78, 5) is 9.22. The van der Waals surface area contributed by atoms with Crippen LogP contribution in [-0.4, -0.2) is 27.7 Å². The van der Waals surface area contributed by atoms with Crippen molar-refractivity contribution in [3.8, 4) is 0 Å². The lowest BCUT2D eigenvalue weighted by Crippen LogP contribution is -2.13. The molecule has 0 bridgehead atoms. The van der Waals surface area contributed by atoms with Crippen molar-refractivity contribution >= 4 is 33.5 Å². The van der Waals surface area contributed by atoms with Crippen LogP contribution in [0.4, 0.5) is 0 Å². The summed E-state index contributed by atoms with van der Waals surface area (Å²) in [7, 11) is 0. The molecule has 1 saturated heterocycles. The highest BCUT2D eigenvalue weighted by atomic mass is 35.5. The zero-order valence-electron chi connectivity index (χ0n) is 11.8. The average Bonchev–Trinajstić information content (AvgIpc) is 3.13. The molecule has 3 heterocycles. The number of alkyl halides is 1.